The van der Waals surface area contributed by atoms with Crippen molar-refractivity contribution >= 4 is 5.78 Å². The van der Waals surface area contributed by atoms with Crippen molar-refractivity contribution in [1.82, 2.24) is 5.32 Å². The number of rotatable bonds is 3. The van der Waals surface area contributed by atoms with Crippen LogP contribution in [0.5, 0.6) is 0 Å². The Balaban J connectivity index is 2.69. The highest BCUT2D eigenvalue weighted by Gasteiger charge is 2.17. The van der Waals surface area contributed by atoms with Crippen molar-refractivity contribution in [3.05, 3.63) is 23.4 Å². The summed E-state index contributed by atoms with van der Waals surface area (Å²) < 4.78 is 0. The Kier molecular flexibility index (Phi) is 3.47. The van der Waals surface area contributed by atoms with Gasteiger partial charge in [-0.2, -0.15) is 0 Å². The van der Waals surface area contributed by atoms with Crippen LogP contribution in [0.2, 0.25) is 0 Å². The number of hydrogen-bond acceptors (Lipinski definition) is 3. The Labute approximate surface area is 84.5 Å². The zero-order valence-electron chi connectivity index (χ0n) is 8.87. The lowest BCUT2D eigenvalue weighted by Gasteiger charge is -2.20. The van der Waals surface area contributed by atoms with E-state index < -0.39 is 6.23 Å². The number of aliphatic hydroxyl groups excluding tert-OH is 1. The van der Waals surface area contributed by atoms with Crippen molar-refractivity contribution in [2.24, 2.45) is 5.92 Å². The van der Waals surface area contributed by atoms with E-state index in [0.29, 0.717) is 0 Å². The fourth-order valence-electron chi connectivity index (χ4n) is 1.54. The van der Waals surface area contributed by atoms with E-state index in [1.165, 1.54) is 0 Å². The molecule has 0 saturated heterocycles. The lowest BCUT2D eigenvalue weighted by molar-refractivity contribution is -0.119. The van der Waals surface area contributed by atoms with Gasteiger partial charge in [-0.3, -0.25) is 4.79 Å². The molecule has 1 rings (SSSR count). The summed E-state index contributed by atoms with van der Waals surface area (Å²) in [6, 6.07) is 0. The van der Waals surface area contributed by atoms with Crippen LogP contribution in [0, 0.1) is 5.92 Å². The molecule has 0 spiro atoms. The third-order valence-electron chi connectivity index (χ3n) is 2.37. The molecule has 2 atom stereocenters. The van der Waals surface area contributed by atoms with Gasteiger partial charge in [0.05, 0.1) is 0 Å². The standard InChI is InChI=1S/C11H17NO2/c1-7-6-10(8(2)13)4-5-11(7)12-9(3)14/h4-5,9-10,12,14H,6H2,1-3H3/t9-,10?/m0/s1. The van der Waals surface area contributed by atoms with Crippen LogP contribution in [-0.4, -0.2) is 17.1 Å². The van der Waals surface area contributed by atoms with Crippen LogP contribution >= 0.6 is 0 Å². The van der Waals surface area contributed by atoms with Gasteiger partial charge in [0.1, 0.15) is 12.0 Å². The highest BCUT2D eigenvalue weighted by atomic mass is 16.3. The quantitative estimate of drug-likeness (QED) is 0.668. The molecular weight excluding hydrogens is 178 g/mol. The van der Waals surface area contributed by atoms with Crippen LogP contribution in [0.1, 0.15) is 27.2 Å². The maximum absolute atomic E-state index is 11.1. The normalized spacial score (nSPS) is 23.6. The van der Waals surface area contributed by atoms with E-state index in [9.17, 15) is 4.79 Å². The SMILES string of the molecule is CC(=O)C1C=CC(N[C@H](C)O)=C(C)C1. The van der Waals surface area contributed by atoms with E-state index in [0.717, 1.165) is 17.7 Å². The second-order valence-electron chi connectivity index (χ2n) is 3.79. The third kappa shape index (κ3) is 2.70. The Morgan fingerprint density at radius 3 is 2.79 bits per heavy atom. The number of Topliss-reactive ketones (excluding diaryl/α,β-unsaturated/α-hetero) is 1. The number of aliphatic hydroxyl groups is 1. The monoisotopic (exact) mass is 195 g/mol. The molecule has 0 amide bonds. The lowest BCUT2D eigenvalue weighted by atomic mass is 9.90. The molecule has 3 heteroatoms. The van der Waals surface area contributed by atoms with Gasteiger partial charge in [-0.15, -0.1) is 0 Å². The average Bonchev–Trinajstić information content (AvgIpc) is 2.07. The number of hydrogen-bond donors (Lipinski definition) is 2. The van der Waals surface area contributed by atoms with Gasteiger partial charge in [-0.25, -0.2) is 0 Å². The van der Waals surface area contributed by atoms with Crippen LogP contribution in [0.25, 0.3) is 0 Å². The summed E-state index contributed by atoms with van der Waals surface area (Å²) in [5, 5.41) is 12.1. The highest BCUT2D eigenvalue weighted by Crippen LogP contribution is 2.22. The maximum atomic E-state index is 11.1. The van der Waals surface area contributed by atoms with E-state index in [2.05, 4.69) is 5.32 Å². The lowest BCUT2D eigenvalue weighted by Crippen LogP contribution is -2.26. The predicted molar refractivity (Wildman–Crippen MR) is 55.4 cm³/mol. The molecule has 0 bridgehead atoms. The topological polar surface area (TPSA) is 49.3 Å². The summed E-state index contributed by atoms with van der Waals surface area (Å²) >= 11 is 0. The van der Waals surface area contributed by atoms with Crippen LogP contribution in [0.4, 0.5) is 0 Å². The minimum Gasteiger partial charge on any atom is -0.374 e. The molecule has 2 N–H and O–H groups in total. The van der Waals surface area contributed by atoms with Gasteiger partial charge in [-0.1, -0.05) is 6.08 Å². The van der Waals surface area contributed by atoms with Gasteiger partial charge < -0.3 is 10.4 Å². The molecule has 0 aliphatic heterocycles. The summed E-state index contributed by atoms with van der Waals surface area (Å²) in [6.45, 7) is 5.25. The Morgan fingerprint density at radius 1 is 1.71 bits per heavy atom. The third-order valence-corrected chi connectivity index (χ3v) is 2.37. The second kappa shape index (κ2) is 4.42. The van der Waals surface area contributed by atoms with Crippen molar-refractivity contribution in [3.63, 3.8) is 0 Å². The van der Waals surface area contributed by atoms with E-state index in [4.69, 9.17) is 5.11 Å². The van der Waals surface area contributed by atoms with Crippen molar-refractivity contribution in [1.29, 1.82) is 0 Å². The van der Waals surface area contributed by atoms with Gasteiger partial charge in [0.2, 0.25) is 0 Å². The summed E-state index contributed by atoms with van der Waals surface area (Å²) in [4.78, 5) is 11.1. The molecule has 0 saturated carbocycles. The largest absolute Gasteiger partial charge is 0.374 e. The fourth-order valence-corrected chi connectivity index (χ4v) is 1.54. The number of allylic oxidation sites excluding steroid dienone is 3. The molecule has 14 heavy (non-hydrogen) atoms. The number of carbonyl (C=O) groups excluding carboxylic acids is 1. The van der Waals surface area contributed by atoms with Gasteiger partial charge in [0.15, 0.2) is 0 Å². The van der Waals surface area contributed by atoms with E-state index in [1.807, 2.05) is 19.1 Å². The molecule has 1 unspecified atom stereocenters. The van der Waals surface area contributed by atoms with E-state index >= 15 is 0 Å². The fraction of sp³-hybridized carbons (Fsp3) is 0.545. The van der Waals surface area contributed by atoms with Crippen LogP contribution in [0.3, 0.4) is 0 Å². The van der Waals surface area contributed by atoms with Crippen molar-refractivity contribution in [3.8, 4) is 0 Å². The van der Waals surface area contributed by atoms with Crippen molar-refractivity contribution < 1.29 is 9.90 Å². The Morgan fingerprint density at radius 2 is 2.36 bits per heavy atom. The van der Waals surface area contributed by atoms with Gasteiger partial charge in [-0.05, 0) is 38.8 Å². The highest BCUT2D eigenvalue weighted by molar-refractivity contribution is 5.80. The molecule has 0 aromatic heterocycles. The van der Waals surface area contributed by atoms with Crippen LogP contribution in [-0.2, 0) is 4.79 Å². The molecule has 0 radical (unpaired) electrons. The summed E-state index contributed by atoms with van der Waals surface area (Å²) in [5.41, 5.74) is 2.05. The molecule has 3 nitrogen and oxygen atoms in total. The zero-order valence-corrected chi connectivity index (χ0v) is 8.87. The number of carbonyl (C=O) groups is 1. The Hall–Kier alpha value is -1.09. The molecular formula is C11H17NO2. The van der Waals surface area contributed by atoms with Gasteiger partial charge in [0.25, 0.3) is 0 Å². The van der Waals surface area contributed by atoms with E-state index in [-0.39, 0.29) is 11.7 Å². The predicted octanol–water partition coefficient (Wildman–Crippen LogP) is 1.35. The first-order valence-corrected chi connectivity index (χ1v) is 4.83. The average molecular weight is 195 g/mol. The van der Waals surface area contributed by atoms with E-state index in [1.54, 1.807) is 13.8 Å². The van der Waals surface area contributed by atoms with Crippen LogP contribution in [0.15, 0.2) is 23.4 Å². The van der Waals surface area contributed by atoms with Crippen molar-refractivity contribution in [2.45, 2.75) is 33.4 Å². The first kappa shape index (κ1) is 11.0. The molecule has 1 aliphatic carbocycles. The first-order valence-electron chi connectivity index (χ1n) is 4.83. The molecule has 78 valence electrons. The summed E-state index contributed by atoms with van der Waals surface area (Å²) in [5.74, 6) is 0.200. The molecule has 1 aliphatic rings. The number of ketones is 1. The first-order chi connectivity index (χ1) is 6.50. The summed E-state index contributed by atoms with van der Waals surface area (Å²) in [7, 11) is 0. The molecule has 0 aromatic carbocycles. The second-order valence-corrected chi connectivity index (χ2v) is 3.79. The minimum absolute atomic E-state index is 0.00884. The van der Waals surface area contributed by atoms with Crippen LogP contribution < -0.4 is 5.32 Å². The van der Waals surface area contributed by atoms with Crippen molar-refractivity contribution in [2.75, 3.05) is 0 Å². The summed E-state index contributed by atoms with van der Waals surface area (Å²) in [6.07, 6.45) is 3.96. The zero-order chi connectivity index (χ0) is 10.7. The Bertz CT molecular complexity index is 290. The van der Waals surface area contributed by atoms with Gasteiger partial charge >= 0.3 is 0 Å². The molecule has 0 aromatic rings. The molecule has 0 fully saturated rings. The maximum Gasteiger partial charge on any atom is 0.136 e. The number of nitrogens with one attached hydrogen (secondary N) is 1. The smallest absolute Gasteiger partial charge is 0.136 e. The molecule has 0 heterocycles. The van der Waals surface area contributed by atoms with Gasteiger partial charge in [0, 0.05) is 11.6 Å². The minimum atomic E-state index is -0.557.